The van der Waals surface area contributed by atoms with Crippen molar-refractivity contribution in [3.05, 3.63) is 47.8 Å². The molecule has 6 atom stereocenters. The molecule has 138 valence electrons. The van der Waals surface area contributed by atoms with Crippen LogP contribution in [0.3, 0.4) is 0 Å². The zero-order valence-electron chi connectivity index (χ0n) is 16.1. The molecule has 0 aliphatic heterocycles. The van der Waals surface area contributed by atoms with Gasteiger partial charge in [-0.1, -0.05) is 37.6 Å². The zero-order chi connectivity index (χ0) is 17.9. The number of aliphatic hydroxyl groups excluding tert-OH is 1. The van der Waals surface area contributed by atoms with Crippen LogP contribution in [-0.4, -0.2) is 16.2 Å². The van der Waals surface area contributed by atoms with Crippen molar-refractivity contribution >= 4 is 5.57 Å². The Morgan fingerprint density at radius 3 is 2.69 bits per heavy atom. The third-order valence-electron chi connectivity index (χ3n) is 8.63. The Hall–Kier alpha value is -1.41. The summed E-state index contributed by atoms with van der Waals surface area (Å²) in [6.45, 7) is 5.03. The second-order valence-electron chi connectivity index (χ2n) is 9.71. The van der Waals surface area contributed by atoms with E-state index in [0.29, 0.717) is 10.8 Å². The fraction of sp³-hybridized carbons (Fsp3) is 0.625. The van der Waals surface area contributed by atoms with E-state index in [0.717, 1.165) is 30.6 Å². The van der Waals surface area contributed by atoms with Crippen LogP contribution in [-0.2, 0) is 0 Å². The molecular weight excluding hydrogens is 318 g/mol. The van der Waals surface area contributed by atoms with Gasteiger partial charge in [0.15, 0.2) is 0 Å². The van der Waals surface area contributed by atoms with Gasteiger partial charge in [-0.3, -0.25) is 4.98 Å². The average Bonchev–Trinajstić information content (AvgIpc) is 3.00. The minimum atomic E-state index is -0.106. The van der Waals surface area contributed by atoms with E-state index in [-0.39, 0.29) is 6.10 Å². The Bertz CT molecular complexity index is 766. The summed E-state index contributed by atoms with van der Waals surface area (Å²) < 4.78 is 0. The molecular formula is C24H31NO. The van der Waals surface area contributed by atoms with Gasteiger partial charge in [0.05, 0.1) is 6.10 Å². The van der Waals surface area contributed by atoms with Crippen molar-refractivity contribution in [1.82, 2.24) is 4.98 Å². The first-order chi connectivity index (χ1) is 12.5. The normalized spacial score (nSPS) is 44.4. The quantitative estimate of drug-likeness (QED) is 0.689. The minimum Gasteiger partial charge on any atom is -0.393 e. The second-order valence-corrected chi connectivity index (χ2v) is 9.71. The highest BCUT2D eigenvalue weighted by Gasteiger charge is 2.56. The number of hydrogen-bond acceptors (Lipinski definition) is 2. The molecule has 5 unspecified atom stereocenters. The Morgan fingerprint density at radius 2 is 1.88 bits per heavy atom. The first-order valence-electron chi connectivity index (χ1n) is 10.5. The lowest BCUT2D eigenvalue weighted by molar-refractivity contribution is -0.0238. The van der Waals surface area contributed by atoms with Gasteiger partial charge in [0.2, 0.25) is 0 Å². The lowest BCUT2D eigenvalue weighted by Gasteiger charge is -2.57. The molecule has 0 radical (unpaired) electrons. The molecule has 2 heteroatoms. The molecule has 0 aromatic carbocycles. The minimum absolute atomic E-state index is 0.106. The Kier molecular flexibility index (Phi) is 3.73. The molecule has 1 aromatic heterocycles. The van der Waals surface area contributed by atoms with Crippen molar-refractivity contribution in [2.45, 2.75) is 64.9 Å². The largest absolute Gasteiger partial charge is 0.393 e. The standard InChI is InChI=1S/C24H31NO/c1-23-11-9-18(26)14-17(23)5-6-19-21-8-7-20(16-4-3-13-25-15-16)24(21,2)12-10-22(19)23/h3-5,7,13,15,18-19,21-22,26H,6,8-12,14H2,1-2H3/t18?,19?,21?,22?,23-,24?/m0/s1. The van der Waals surface area contributed by atoms with Crippen LogP contribution in [0.4, 0.5) is 0 Å². The molecule has 2 nitrogen and oxygen atoms in total. The zero-order valence-corrected chi connectivity index (χ0v) is 16.1. The van der Waals surface area contributed by atoms with Crippen molar-refractivity contribution in [1.29, 1.82) is 0 Å². The maximum atomic E-state index is 10.2. The highest BCUT2D eigenvalue weighted by Crippen LogP contribution is 2.66. The van der Waals surface area contributed by atoms with Crippen LogP contribution in [0.1, 0.15) is 64.4 Å². The van der Waals surface area contributed by atoms with Gasteiger partial charge >= 0.3 is 0 Å². The molecule has 1 heterocycles. The third kappa shape index (κ3) is 2.24. The molecule has 0 spiro atoms. The summed E-state index contributed by atoms with van der Waals surface area (Å²) in [5.74, 6) is 2.36. The fourth-order valence-electron chi connectivity index (χ4n) is 7.18. The Morgan fingerprint density at radius 1 is 1.04 bits per heavy atom. The lowest BCUT2D eigenvalue weighted by Crippen LogP contribution is -2.49. The van der Waals surface area contributed by atoms with Gasteiger partial charge in [-0.15, -0.1) is 0 Å². The maximum Gasteiger partial charge on any atom is 0.0577 e. The predicted octanol–water partition coefficient (Wildman–Crippen LogP) is 5.40. The van der Waals surface area contributed by atoms with Gasteiger partial charge in [-0.05, 0) is 90.7 Å². The van der Waals surface area contributed by atoms with Crippen LogP contribution in [0.15, 0.2) is 42.3 Å². The van der Waals surface area contributed by atoms with Gasteiger partial charge in [0, 0.05) is 12.4 Å². The van der Waals surface area contributed by atoms with E-state index in [2.05, 4.69) is 43.1 Å². The molecule has 2 fully saturated rings. The van der Waals surface area contributed by atoms with Crippen LogP contribution in [0, 0.1) is 28.6 Å². The highest BCUT2D eigenvalue weighted by atomic mass is 16.3. The van der Waals surface area contributed by atoms with Gasteiger partial charge < -0.3 is 5.11 Å². The summed E-state index contributed by atoms with van der Waals surface area (Å²) in [5.41, 5.74) is 5.09. The SMILES string of the molecule is CC12CCC3C(CC=C4CC(O)CC[C@@]43C)C1CC=C2c1cccnc1. The summed E-state index contributed by atoms with van der Waals surface area (Å²) in [7, 11) is 0. The van der Waals surface area contributed by atoms with Crippen molar-refractivity contribution in [3.8, 4) is 0 Å². The van der Waals surface area contributed by atoms with Crippen molar-refractivity contribution in [3.63, 3.8) is 0 Å². The topological polar surface area (TPSA) is 33.1 Å². The molecule has 5 rings (SSSR count). The number of hydrogen-bond donors (Lipinski definition) is 1. The molecule has 4 aliphatic carbocycles. The number of rotatable bonds is 1. The van der Waals surface area contributed by atoms with Crippen LogP contribution < -0.4 is 0 Å². The summed E-state index contributed by atoms with van der Waals surface area (Å²) >= 11 is 0. The summed E-state index contributed by atoms with van der Waals surface area (Å²) in [6, 6.07) is 4.31. The van der Waals surface area contributed by atoms with E-state index in [9.17, 15) is 5.11 Å². The monoisotopic (exact) mass is 349 g/mol. The first kappa shape index (κ1) is 16.7. The van der Waals surface area contributed by atoms with E-state index in [4.69, 9.17) is 0 Å². The number of fused-ring (bicyclic) bond motifs is 5. The van der Waals surface area contributed by atoms with Crippen molar-refractivity contribution in [2.24, 2.45) is 28.6 Å². The second kappa shape index (κ2) is 5.79. The van der Waals surface area contributed by atoms with Gasteiger partial charge in [-0.2, -0.15) is 0 Å². The van der Waals surface area contributed by atoms with Crippen molar-refractivity contribution < 1.29 is 5.11 Å². The number of aliphatic hydroxyl groups is 1. The van der Waals surface area contributed by atoms with Gasteiger partial charge in [0.1, 0.15) is 0 Å². The molecule has 0 saturated heterocycles. The lowest BCUT2D eigenvalue weighted by atomic mass is 9.47. The van der Waals surface area contributed by atoms with E-state index in [1.165, 1.54) is 37.7 Å². The van der Waals surface area contributed by atoms with Crippen LogP contribution in [0.25, 0.3) is 5.57 Å². The molecule has 1 aromatic rings. The van der Waals surface area contributed by atoms with E-state index < -0.39 is 0 Å². The molecule has 0 amide bonds. The number of aromatic nitrogens is 1. The predicted molar refractivity (Wildman–Crippen MR) is 105 cm³/mol. The van der Waals surface area contributed by atoms with Gasteiger partial charge in [0.25, 0.3) is 0 Å². The van der Waals surface area contributed by atoms with Crippen molar-refractivity contribution in [2.75, 3.05) is 0 Å². The van der Waals surface area contributed by atoms with E-state index in [1.54, 1.807) is 11.1 Å². The molecule has 0 bridgehead atoms. The third-order valence-corrected chi connectivity index (χ3v) is 8.63. The number of allylic oxidation sites excluding steroid dienone is 3. The van der Waals surface area contributed by atoms with Crippen LogP contribution >= 0.6 is 0 Å². The maximum absolute atomic E-state index is 10.2. The molecule has 26 heavy (non-hydrogen) atoms. The van der Waals surface area contributed by atoms with E-state index in [1.807, 2.05) is 12.4 Å². The molecule has 1 N–H and O–H groups in total. The summed E-state index contributed by atoms with van der Waals surface area (Å²) in [5, 5.41) is 10.2. The summed E-state index contributed by atoms with van der Waals surface area (Å²) in [6.07, 6.45) is 17.0. The fourth-order valence-corrected chi connectivity index (χ4v) is 7.18. The Balaban J connectivity index is 1.48. The van der Waals surface area contributed by atoms with Gasteiger partial charge in [-0.25, -0.2) is 0 Å². The Labute approximate surface area is 157 Å². The number of pyridine rings is 1. The number of nitrogens with zero attached hydrogens (tertiary/aromatic N) is 1. The molecule has 4 aliphatic rings. The van der Waals surface area contributed by atoms with E-state index >= 15 is 0 Å². The van der Waals surface area contributed by atoms with Crippen LogP contribution in [0.2, 0.25) is 0 Å². The highest BCUT2D eigenvalue weighted by molar-refractivity contribution is 5.72. The average molecular weight is 350 g/mol. The van der Waals surface area contributed by atoms with Crippen LogP contribution in [0.5, 0.6) is 0 Å². The first-order valence-corrected chi connectivity index (χ1v) is 10.5. The summed E-state index contributed by atoms with van der Waals surface area (Å²) in [4.78, 5) is 4.38. The smallest absolute Gasteiger partial charge is 0.0577 e. The molecule has 2 saturated carbocycles.